The molecule has 7 nitrogen and oxygen atoms in total. The van der Waals surface area contributed by atoms with Crippen LogP contribution in [0.2, 0.25) is 0 Å². The summed E-state index contributed by atoms with van der Waals surface area (Å²) in [6.45, 7) is -0.518. The van der Waals surface area contributed by atoms with Gasteiger partial charge in [0, 0.05) is 5.56 Å². The number of aliphatic hydroxyl groups is 2. The Morgan fingerprint density at radius 1 is 1.33 bits per heavy atom. The van der Waals surface area contributed by atoms with Crippen LogP contribution in [0.5, 0.6) is 5.75 Å². The van der Waals surface area contributed by atoms with Gasteiger partial charge in [-0.2, -0.15) is 0 Å². The van der Waals surface area contributed by atoms with Gasteiger partial charge in [-0.05, 0) is 30.3 Å². The number of carbonyl (C=O) groups is 1. The van der Waals surface area contributed by atoms with Crippen molar-refractivity contribution in [2.24, 2.45) is 5.73 Å². The Morgan fingerprint density at radius 3 is 2.52 bits per heavy atom. The zero-order chi connectivity index (χ0) is 15.4. The van der Waals surface area contributed by atoms with Gasteiger partial charge in [0.05, 0.1) is 18.0 Å². The first kappa shape index (κ1) is 15.6. The topological polar surface area (TPSA) is 119 Å². The van der Waals surface area contributed by atoms with Crippen LogP contribution in [-0.2, 0) is 0 Å². The van der Waals surface area contributed by atoms with Gasteiger partial charge in [0.2, 0.25) is 5.82 Å². The molecule has 1 atom stereocenters. The minimum absolute atomic E-state index is 0.130. The zero-order valence-electron chi connectivity index (χ0n) is 10.7. The number of carbonyl (C=O) groups excluding carboxylic acids is 1. The number of primary amides is 1. The molecule has 0 saturated carbocycles. The highest BCUT2D eigenvalue weighted by Gasteiger charge is 2.15. The highest BCUT2D eigenvalue weighted by Crippen LogP contribution is 2.24. The van der Waals surface area contributed by atoms with E-state index >= 15 is 0 Å². The third-order valence-corrected chi connectivity index (χ3v) is 3.23. The molecule has 0 aliphatic carbocycles. The number of benzene rings is 1. The smallest absolute Gasteiger partial charge is 0.286 e. The fourth-order valence-electron chi connectivity index (χ4n) is 1.67. The second-order valence-corrected chi connectivity index (χ2v) is 4.61. The van der Waals surface area contributed by atoms with E-state index in [1.807, 2.05) is 0 Å². The second-order valence-electron chi connectivity index (χ2n) is 4.17. The van der Waals surface area contributed by atoms with Crippen LogP contribution in [0, 0.1) is 0 Å². The van der Waals surface area contributed by atoms with E-state index in [-0.39, 0.29) is 11.5 Å². The number of hydrogen-bond acceptors (Lipinski definition) is 6. The summed E-state index contributed by atoms with van der Waals surface area (Å²) >= 11 is 1.76. The molecular weight excluding hydrogens is 389 g/mol. The summed E-state index contributed by atoms with van der Waals surface area (Å²) in [6.07, 6.45) is -1.21. The molecular formula is C13H12IN3O4. The standard InChI is InChI=1S/C13H12IN3O4/c14-21-8-3-1-7(2-4-8)9-5-10(11(19)6-18)17-13(16-9)12(15)20/h1-5,11,18-19H,6H2,(H2,15,20)/t11-/m0/s1. The summed E-state index contributed by atoms with van der Waals surface area (Å²) < 4.78 is 5.04. The average Bonchev–Trinajstić information content (AvgIpc) is 2.53. The number of aliphatic hydroxyl groups excluding tert-OH is 2. The summed E-state index contributed by atoms with van der Waals surface area (Å²) in [6, 6.07) is 8.45. The molecule has 2 rings (SSSR count). The van der Waals surface area contributed by atoms with Gasteiger partial charge >= 0.3 is 0 Å². The Hall–Kier alpha value is -1.78. The summed E-state index contributed by atoms with van der Waals surface area (Å²) in [7, 11) is 0. The molecule has 21 heavy (non-hydrogen) atoms. The van der Waals surface area contributed by atoms with Gasteiger partial charge in [-0.15, -0.1) is 0 Å². The minimum atomic E-state index is -1.21. The van der Waals surface area contributed by atoms with Crippen molar-refractivity contribution >= 4 is 28.9 Å². The molecule has 8 heteroatoms. The van der Waals surface area contributed by atoms with Crippen molar-refractivity contribution in [3.05, 3.63) is 41.9 Å². The lowest BCUT2D eigenvalue weighted by Crippen LogP contribution is -2.18. The molecule has 1 amide bonds. The fourth-order valence-corrected chi connectivity index (χ4v) is 1.96. The van der Waals surface area contributed by atoms with Crippen LogP contribution in [0.15, 0.2) is 30.3 Å². The van der Waals surface area contributed by atoms with E-state index < -0.39 is 18.6 Å². The lowest BCUT2D eigenvalue weighted by atomic mass is 10.1. The van der Waals surface area contributed by atoms with Crippen molar-refractivity contribution in [1.82, 2.24) is 9.97 Å². The van der Waals surface area contributed by atoms with E-state index in [1.165, 1.54) is 6.07 Å². The summed E-state index contributed by atoms with van der Waals surface area (Å²) in [5.74, 6) is -0.362. The van der Waals surface area contributed by atoms with Crippen LogP contribution in [0.25, 0.3) is 11.3 Å². The van der Waals surface area contributed by atoms with E-state index in [4.69, 9.17) is 13.9 Å². The van der Waals surface area contributed by atoms with Gasteiger partial charge in [-0.25, -0.2) is 9.97 Å². The number of hydrogen-bond donors (Lipinski definition) is 3. The predicted molar refractivity (Wildman–Crippen MR) is 82.7 cm³/mol. The second kappa shape index (κ2) is 6.78. The van der Waals surface area contributed by atoms with Crippen LogP contribution in [0.4, 0.5) is 0 Å². The Bertz CT molecular complexity index is 648. The molecule has 110 valence electrons. The highest BCUT2D eigenvalue weighted by atomic mass is 127. The Morgan fingerprint density at radius 2 is 2.00 bits per heavy atom. The number of nitrogens with zero attached hydrogens (tertiary/aromatic N) is 2. The molecule has 0 aliphatic rings. The quantitative estimate of drug-likeness (QED) is 0.644. The molecule has 0 spiro atoms. The van der Waals surface area contributed by atoms with Crippen LogP contribution in [0.1, 0.15) is 22.4 Å². The van der Waals surface area contributed by atoms with E-state index in [0.29, 0.717) is 17.0 Å². The number of rotatable bonds is 5. The molecule has 2 aromatic rings. The molecule has 0 radical (unpaired) electrons. The minimum Gasteiger partial charge on any atom is -0.428 e. The first-order valence-electron chi connectivity index (χ1n) is 5.92. The third kappa shape index (κ3) is 3.65. The van der Waals surface area contributed by atoms with Crippen LogP contribution >= 0.6 is 23.0 Å². The molecule has 0 bridgehead atoms. The van der Waals surface area contributed by atoms with Crippen molar-refractivity contribution in [2.75, 3.05) is 6.61 Å². The predicted octanol–water partition coefficient (Wildman–Crippen LogP) is 0.997. The van der Waals surface area contributed by atoms with E-state index in [1.54, 1.807) is 47.3 Å². The van der Waals surface area contributed by atoms with Crippen molar-refractivity contribution in [3.63, 3.8) is 0 Å². The van der Waals surface area contributed by atoms with E-state index in [2.05, 4.69) is 9.97 Å². The van der Waals surface area contributed by atoms with Crippen molar-refractivity contribution in [3.8, 4) is 17.0 Å². The first-order valence-corrected chi connectivity index (χ1v) is 6.80. The van der Waals surface area contributed by atoms with Crippen molar-refractivity contribution in [1.29, 1.82) is 0 Å². The summed E-state index contributed by atoms with van der Waals surface area (Å²) in [5.41, 5.74) is 6.43. The average molecular weight is 401 g/mol. The fraction of sp³-hybridized carbons (Fsp3) is 0.154. The Balaban J connectivity index is 2.50. The van der Waals surface area contributed by atoms with Gasteiger partial charge in [-0.3, -0.25) is 4.79 Å². The number of amides is 1. The molecule has 1 heterocycles. The molecule has 1 aromatic carbocycles. The van der Waals surface area contributed by atoms with Crippen LogP contribution < -0.4 is 8.80 Å². The van der Waals surface area contributed by atoms with Crippen molar-refractivity contribution in [2.45, 2.75) is 6.10 Å². The monoisotopic (exact) mass is 401 g/mol. The van der Waals surface area contributed by atoms with Gasteiger partial charge < -0.3 is 19.0 Å². The van der Waals surface area contributed by atoms with Gasteiger partial charge in [0.25, 0.3) is 5.91 Å². The lowest BCUT2D eigenvalue weighted by Gasteiger charge is -2.10. The van der Waals surface area contributed by atoms with Crippen LogP contribution in [0.3, 0.4) is 0 Å². The maximum absolute atomic E-state index is 11.3. The molecule has 1 aromatic heterocycles. The van der Waals surface area contributed by atoms with Crippen molar-refractivity contribution < 1.29 is 18.1 Å². The Kier molecular flexibility index (Phi) is 5.04. The maximum Gasteiger partial charge on any atom is 0.286 e. The number of nitrogens with two attached hydrogens (primary N) is 1. The maximum atomic E-state index is 11.3. The number of halogens is 1. The van der Waals surface area contributed by atoms with Gasteiger partial charge in [0.1, 0.15) is 11.9 Å². The number of aromatic nitrogens is 2. The Labute approximate surface area is 134 Å². The zero-order valence-corrected chi connectivity index (χ0v) is 12.9. The SMILES string of the molecule is NC(=O)c1nc(-c2ccc(OI)cc2)cc([C@@H](O)CO)n1. The summed E-state index contributed by atoms with van der Waals surface area (Å²) in [4.78, 5) is 19.2. The van der Waals surface area contributed by atoms with E-state index in [9.17, 15) is 9.90 Å². The molecule has 0 unspecified atom stereocenters. The summed E-state index contributed by atoms with van der Waals surface area (Å²) in [5, 5.41) is 18.7. The van der Waals surface area contributed by atoms with Crippen LogP contribution in [-0.4, -0.2) is 32.7 Å². The molecule has 0 fully saturated rings. The third-order valence-electron chi connectivity index (χ3n) is 2.72. The lowest BCUT2D eigenvalue weighted by molar-refractivity contribution is 0.0909. The molecule has 0 saturated heterocycles. The van der Waals surface area contributed by atoms with Gasteiger partial charge in [0.15, 0.2) is 23.0 Å². The highest BCUT2D eigenvalue weighted by molar-refractivity contribution is 14.1. The van der Waals surface area contributed by atoms with Gasteiger partial charge in [-0.1, -0.05) is 0 Å². The normalized spacial score (nSPS) is 12.0. The first-order chi connectivity index (χ1) is 10.0. The van der Waals surface area contributed by atoms with E-state index in [0.717, 1.165) is 0 Å². The molecule has 4 N–H and O–H groups in total. The molecule has 0 aliphatic heterocycles. The largest absolute Gasteiger partial charge is 0.428 e.